The van der Waals surface area contributed by atoms with Gasteiger partial charge in [0.2, 0.25) is 0 Å². The molecule has 0 spiro atoms. The molecule has 10 aromatic rings. The summed E-state index contributed by atoms with van der Waals surface area (Å²) >= 11 is 0. The summed E-state index contributed by atoms with van der Waals surface area (Å²) in [6, 6.07) is 62.2. The van der Waals surface area contributed by atoms with E-state index in [1.165, 1.54) is 43.6 Å². The van der Waals surface area contributed by atoms with Crippen molar-refractivity contribution < 1.29 is 0 Å². The zero-order valence-electron chi connectivity index (χ0n) is 28.3. The lowest BCUT2D eigenvalue weighted by Crippen LogP contribution is -1.99. The van der Waals surface area contributed by atoms with Gasteiger partial charge in [0.05, 0.1) is 33.5 Å². The average Bonchev–Trinajstić information content (AvgIpc) is 3.74. The van der Waals surface area contributed by atoms with Crippen LogP contribution in [0.15, 0.2) is 183 Å². The zero-order chi connectivity index (χ0) is 34.6. The molecule has 7 aromatic carbocycles. The minimum Gasteiger partial charge on any atom is -0.309 e. The van der Waals surface area contributed by atoms with Crippen molar-refractivity contribution in [3.8, 4) is 45.3 Å². The standard InChI is InChI=1S/C48H32N4/c1-2-32-25-27-33(28-26-32)48-49-42(34-13-11-15-36(29-34)51-44-21-7-3-17-38(44)39-18-4-8-22-45(39)51)31-43(50-48)35-14-12-16-37(30-35)52-46-23-9-5-19-40(46)41-20-6-10-24-47(41)52/h2-31H,1H2. The molecule has 52 heavy (non-hydrogen) atoms. The highest BCUT2D eigenvalue weighted by atomic mass is 15.0. The van der Waals surface area contributed by atoms with Gasteiger partial charge in [0, 0.05) is 49.6 Å². The fraction of sp³-hybridized carbons (Fsp3) is 0. The molecule has 0 aliphatic heterocycles. The minimum atomic E-state index is 0.674. The van der Waals surface area contributed by atoms with E-state index in [4.69, 9.17) is 9.97 Å². The van der Waals surface area contributed by atoms with Crippen molar-refractivity contribution in [2.75, 3.05) is 0 Å². The topological polar surface area (TPSA) is 35.6 Å². The first-order valence-corrected chi connectivity index (χ1v) is 17.5. The van der Waals surface area contributed by atoms with Gasteiger partial charge in [0.15, 0.2) is 5.82 Å². The fourth-order valence-electron chi connectivity index (χ4n) is 7.65. The Labute approximate surface area is 301 Å². The summed E-state index contributed by atoms with van der Waals surface area (Å²) < 4.78 is 4.70. The zero-order valence-corrected chi connectivity index (χ0v) is 28.3. The molecule has 0 atom stereocenters. The summed E-state index contributed by atoms with van der Waals surface area (Å²) in [5.41, 5.74) is 12.6. The molecule has 4 nitrogen and oxygen atoms in total. The number of para-hydroxylation sites is 4. The minimum absolute atomic E-state index is 0.674. The van der Waals surface area contributed by atoms with E-state index in [9.17, 15) is 0 Å². The first-order valence-electron chi connectivity index (χ1n) is 17.5. The Morgan fingerprint density at radius 3 is 1.19 bits per heavy atom. The Balaban J connectivity index is 1.16. The first kappa shape index (κ1) is 29.8. The summed E-state index contributed by atoms with van der Waals surface area (Å²) in [5.74, 6) is 0.674. The largest absolute Gasteiger partial charge is 0.309 e. The van der Waals surface area contributed by atoms with Crippen LogP contribution in [-0.4, -0.2) is 19.1 Å². The SMILES string of the molecule is C=Cc1ccc(-c2nc(-c3cccc(-n4c5ccccc5c5ccccc54)c3)cc(-c3cccc(-n4c5ccccc5c5ccccc54)c3)n2)cc1. The molecule has 0 saturated heterocycles. The Hall–Kier alpha value is -7.04. The molecule has 4 heteroatoms. The normalized spacial score (nSPS) is 11.5. The molecule has 3 heterocycles. The van der Waals surface area contributed by atoms with Gasteiger partial charge in [0.25, 0.3) is 0 Å². The van der Waals surface area contributed by atoms with Crippen molar-refractivity contribution in [1.82, 2.24) is 19.1 Å². The molecule has 0 unspecified atom stereocenters. The smallest absolute Gasteiger partial charge is 0.160 e. The second-order valence-electron chi connectivity index (χ2n) is 13.1. The van der Waals surface area contributed by atoms with Crippen molar-refractivity contribution in [3.05, 3.63) is 188 Å². The van der Waals surface area contributed by atoms with Gasteiger partial charge in [-0.15, -0.1) is 0 Å². The first-order chi connectivity index (χ1) is 25.7. The summed E-state index contributed by atoms with van der Waals surface area (Å²) in [6.07, 6.45) is 1.85. The molecular weight excluding hydrogens is 633 g/mol. The maximum Gasteiger partial charge on any atom is 0.160 e. The average molecular weight is 665 g/mol. The van der Waals surface area contributed by atoms with Crippen LogP contribution in [0.1, 0.15) is 5.56 Å². The van der Waals surface area contributed by atoms with Gasteiger partial charge in [0.1, 0.15) is 0 Å². The fourth-order valence-corrected chi connectivity index (χ4v) is 7.65. The maximum atomic E-state index is 5.20. The third-order valence-corrected chi connectivity index (χ3v) is 10.1. The van der Waals surface area contributed by atoms with Crippen molar-refractivity contribution in [3.63, 3.8) is 0 Å². The lowest BCUT2D eigenvalue weighted by molar-refractivity contribution is 1.16. The van der Waals surface area contributed by atoms with Crippen LogP contribution < -0.4 is 0 Å². The number of hydrogen-bond donors (Lipinski definition) is 0. The Bertz CT molecular complexity index is 2700. The summed E-state index contributed by atoms with van der Waals surface area (Å²) in [6.45, 7) is 3.94. The van der Waals surface area contributed by atoms with Crippen molar-refractivity contribution >= 4 is 49.7 Å². The lowest BCUT2D eigenvalue weighted by Gasteiger charge is -2.13. The number of hydrogen-bond acceptors (Lipinski definition) is 2. The van der Waals surface area contributed by atoms with Gasteiger partial charge in [-0.1, -0.05) is 134 Å². The van der Waals surface area contributed by atoms with Crippen LogP contribution in [0.5, 0.6) is 0 Å². The lowest BCUT2D eigenvalue weighted by atomic mass is 10.0. The highest BCUT2D eigenvalue weighted by Gasteiger charge is 2.16. The van der Waals surface area contributed by atoms with E-state index < -0.39 is 0 Å². The Morgan fingerprint density at radius 1 is 0.385 bits per heavy atom. The van der Waals surface area contributed by atoms with E-state index in [-0.39, 0.29) is 0 Å². The molecule has 0 fully saturated rings. The molecule has 0 radical (unpaired) electrons. The van der Waals surface area contributed by atoms with Gasteiger partial charge in [-0.25, -0.2) is 9.97 Å². The van der Waals surface area contributed by atoms with Gasteiger partial charge < -0.3 is 9.13 Å². The Kier molecular flexibility index (Phi) is 6.93. The van der Waals surface area contributed by atoms with Crippen LogP contribution in [0.2, 0.25) is 0 Å². The van der Waals surface area contributed by atoms with Crippen molar-refractivity contribution in [1.29, 1.82) is 0 Å². The van der Waals surface area contributed by atoms with Gasteiger partial charge >= 0.3 is 0 Å². The predicted octanol–water partition coefficient (Wildman–Crippen LogP) is 12.3. The van der Waals surface area contributed by atoms with E-state index in [0.29, 0.717) is 5.82 Å². The molecular formula is C48H32N4. The van der Waals surface area contributed by atoms with E-state index in [1.54, 1.807) is 0 Å². The summed E-state index contributed by atoms with van der Waals surface area (Å²) in [7, 11) is 0. The van der Waals surface area contributed by atoms with E-state index >= 15 is 0 Å². The molecule has 244 valence electrons. The van der Waals surface area contributed by atoms with Crippen LogP contribution >= 0.6 is 0 Å². The van der Waals surface area contributed by atoms with Crippen LogP contribution in [-0.2, 0) is 0 Å². The van der Waals surface area contributed by atoms with E-state index in [1.807, 2.05) is 6.08 Å². The van der Waals surface area contributed by atoms with E-state index in [2.05, 4.69) is 192 Å². The second-order valence-corrected chi connectivity index (χ2v) is 13.1. The van der Waals surface area contributed by atoms with Gasteiger partial charge in [-0.3, -0.25) is 0 Å². The van der Waals surface area contributed by atoms with Crippen molar-refractivity contribution in [2.45, 2.75) is 0 Å². The summed E-state index contributed by atoms with van der Waals surface area (Å²) in [4.78, 5) is 10.4. The number of aromatic nitrogens is 4. The maximum absolute atomic E-state index is 5.20. The third-order valence-electron chi connectivity index (χ3n) is 10.1. The number of nitrogens with zero attached hydrogens (tertiary/aromatic N) is 4. The molecule has 0 saturated carbocycles. The molecule has 0 N–H and O–H groups in total. The van der Waals surface area contributed by atoms with E-state index in [0.717, 1.165) is 45.0 Å². The summed E-state index contributed by atoms with van der Waals surface area (Å²) in [5, 5.41) is 4.95. The van der Waals surface area contributed by atoms with Crippen LogP contribution in [0, 0.1) is 0 Å². The van der Waals surface area contributed by atoms with Gasteiger partial charge in [-0.2, -0.15) is 0 Å². The molecule has 0 aliphatic carbocycles. The van der Waals surface area contributed by atoms with Gasteiger partial charge in [-0.05, 0) is 60.2 Å². The predicted molar refractivity (Wildman–Crippen MR) is 217 cm³/mol. The molecule has 10 rings (SSSR count). The second kappa shape index (κ2) is 12.1. The molecule has 3 aromatic heterocycles. The van der Waals surface area contributed by atoms with Crippen molar-refractivity contribution in [2.24, 2.45) is 0 Å². The monoisotopic (exact) mass is 664 g/mol. The molecule has 0 bridgehead atoms. The third kappa shape index (κ3) is 4.84. The quantitative estimate of drug-likeness (QED) is 0.177. The number of benzene rings is 7. The number of rotatable bonds is 6. The van der Waals surface area contributed by atoms with Crippen LogP contribution in [0.3, 0.4) is 0 Å². The molecule has 0 aliphatic rings. The molecule has 0 amide bonds. The Morgan fingerprint density at radius 2 is 0.788 bits per heavy atom. The number of fused-ring (bicyclic) bond motifs is 6. The highest BCUT2D eigenvalue weighted by molar-refractivity contribution is 6.10. The van der Waals surface area contributed by atoms with Crippen LogP contribution in [0.4, 0.5) is 0 Å². The highest BCUT2D eigenvalue weighted by Crippen LogP contribution is 2.36. The van der Waals surface area contributed by atoms with Crippen LogP contribution in [0.25, 0.3) is 95.0 Å².